The van der Waals surface area contributed by atoms with Crippen molar-refractivity contribution in [2.45, 2.75) is 46.6 Å². The van der Waals surface area contributed by atoms with Gasteiger partial charge in [0.05, 0.1) is 12.0 Å². The first-order valence-electron chi connectivity index (χ1n) is 10.0. The van der Waals surface area contributed by atoms with Crippen LogP contribution in [0.1, 0.15) is 36.5 Å². The number of amides is 1. The van der Waals surface area contributed by atoms with Gasteiger partial charge >= 0.3 is 0 Å². The number of benzene rings is 1. The fourth-order valence-corrected chi connectivity index (χ4v) is 5.28. The highest BCUT2D eigenvalue weighted by Gasteiger charge is 2.24. The number of nitrogens with zero attached hydrogens (tertiary/aromatic N) is 2. The van der Waals surface area contributed by atoms with Crippen LogP contribution in [0.25, 0.3) is 10.2 Å². The number of nitrogens with one attached hydrogen (secondary N) is 1. The van der Waals surface area contributed by atoms with Crippen LogP contribution in [-0.2, 0) is 24.2 Å². The van der Waals surface area contributed by atoms with Crippen molar-refractivity contribution in [3.8, 4) is 5.75 Å². The average molecular weight is 412 g/mol. The van der Waals surface area contributed by atoms with E-state index in [0.717, 1.165) is 35.4 Å². The highest BCUT2D eigenvalue weighted by atomic mass is 32.1. The van der Waals surface area contributed by atoms with Gasteiger partial charge in [-0.15, -0.1) is 11.3 Å². The number of anilines is 1. The first-order valence-corrected chi connectivity index (χ1v) is 10.8. The van der Waals surface area contributed by atoms with Gasteiger partial charge in [0.2, 0.25) is 5.91 Å². The molecule has 1 aliphatic carbocycles. The van der Waals surface area contributed by atoms with E-state index in [4.69, 9.17) is 4.74 Å². The first-order chi connectivity index (χ1) is 14.0. The van der Waals surface area contributed by atoms with Crippen LogP contribution in [0.15, 0.2) is 29.1 Å². The highest BCUT2D eigenvalue weighted by Crippen LogP contribution is 2.35. The predicted molar refractivity (Wildman–Crippen MR) is 116 cm³/mol. The third kappa shape index (κ3) is 3.92. The zero-order chi connectivity index (χ0) is 20.5. The highest BCUT2D eigenvalue weighted by molar-refractivity contribution is 7.18. The summed E-state index contributed by atoms with van der Waals surface area (Å²) in [4.78, 5) is 32.5. The minimum absolute atomic E-state index is 0.0537. The second-order valence-corrected chi connectivity index (χ2v) is 8.67. The summed E-state index contributed by atoms with van der Waals surface area (Å²) in [7, 11) is 0. The molecule has 152 valence electrons. The Morgan fingerprint density at radius 2 is 2.10 bits per heavy atom. The van der Waals surface area contributed by atoms with Crippen molar-refractivity contribution >= 4 is 33.1 Å². The zero-order valence-corrected chi connectivity index (χ0v) is 17.8. The lowest BCUT2D eigenvalue weighted by Crippen LogP contribution is -2.30. The van der Waals surface area contributed by atoms with Gasteiger partial charge in [-0.3, -0.25) is 14.2 Å². The van der Waals surface area contributed by atoms with Crippen molar-refractivity contribution in [2.24, 2.45) is 5.92 Å². The van der Waals surface area contributed by atoms with Crippen LogP contribution >= 0.6 is 11.3 Å². The predicted octanol–water partition coefficient (Wildman–Crippen LogP) is 3.93. The molecule has 4 rings (SSSR count). The van der Waals surface area contributed by atoms with Gasteiger partial charge in [-0.1, -0.05) is 6.92 Å². The minimum atomic E-state index is -0.252. The Morgan fingerprint density at radius 3 is 2.83 bits per heavy atom. The van der Waals surface area contributed by atoms with Crippen molar-refractivity contribution in [2.75, 3.05) is 11.9 Å². The summed E-state index contributed by atoms with van der Waals surface area (Å²) >= 11 is 1.63. The Balaban J connectivity index is 1.59. The van der Waals surface area contributed by atoms with Crippen molar-refractivity contribution < 1.29 is 9.53 Å². The van der Waals surface area contributed by atoms with Crippen LogP contribution in [0.5, 0.6) is 5.75 Å². The molecular weight excluding hydrogens is 386 g/mol. The molecule has 1 N–H and O–H groups in total. The number of aryl methyl sites for hydroxylation is 2. The molecule has 6 nitrogen and oxygen atoms in total. The maximum atomic E-state index is 13.2. The number of carbonyl (C=O) groups excluding carboxylic acids is 1. The summed E-state index contributed by atoms with van der Waals surface area (Å²) in [5.41, 5.74) is 1.70. The Bertz CT molecular complexity index is 1120. The molecule has 7 heteroatoms. The molecular formula is C22H25N3O3S. The molecule has 0 saturated carbocycles. The van der Waals surface area contributed by atoms with Crippen LogP contribution in [0.4, 0.5) is 5.69 Å². The van der Waals surface area contributed by atoms with E-state index in [1.165, 1.54) is 9.44 Å². The van der Waals surface area contributed by atoms with Gasteiger partial charge in [0.1, 0.15) is 22.9 Å². The number of rotatable bonds is 5. The molecule has 3 aromatic rings. The van der Waals surface area contributed by atoms with Gasteiger partial charge in [0.15, 0.2) is 0 Å². The lowest BCUT2D eigenvalue weighted by Gasteiger charge is -2.17. The molecule has 2 heterocycles. The van der Waals surface area contributed by atoms with Crippen LogP contribution in [0.3, 0.4) is 0 Å². The number of hydrogen-bond acceptors (Lipinski definition) is 5. The van der Waals surface area contributed by atoms with Gasteiger partial charge in [-0.05, 0) is 68.9 Å². The molecule has 1 atom stereocenters. The quantitative estimate of drug-likeness (QED) is 0.690. The van der Waals surface area contributed by atoms with Crippen molar-refractivity contribution in [3.05, 3.63) is 50.9 Å². The number of ether oxygens (including phenoxy) is 1. The van der Waals surface area contributed by atoms with Crippen molar-refractivity contribution in [3.63, 3.8) is 0 Å². The molecule has 0 fully saturated rings. The minimum Gasteiger partial charge on any atom is -0.494 e. The molecule has 29 heavy (non-hydrogen) atoms. The number of thiophene rings is 1. The molecule has 0 bridgehead atoms. The van der Waals surface area contributed by atoms with Crippen LogP contribution in [0.2, 0.25) is 0 Å². The summed E-state index contributed by atoms with van der Waals surface area (Å²) in [5, 5.41) is 3.55. The molecule has 0 saturated heterocycles. The fourth-order valence-electron chi connectivity index (χ4n) is 3.86. The summed E-state index contributed by atoms with van der Waals surface area (Å²) in [6.07, 6.45) is 3.01. The third-order valence-electron chi connectivity index (χ3n) is 5.36. The smallest absolute Gasteiger partial charge is 0.263 e. The first kappa shape index (κ1) is 19.6. The molecule has 1 aliphatic rings. The van der Waals surface area contributed by atoms with E-state index in [9.17, 15) is 9.59 Å². The molecule has 1 amide bonds. The topological polar surface area (TPSA) is 73.2 Å². The largest absolute Gasteiger partial charge is 0.494 e. The average Bonchev–Trinajstić information content (AvgIpc) is 3.04. The van der Waals surface area contributed by atoms with E-state index < -0.39 is 0 Å². The lowest BCUT2D eigenvalue weighted by atomic mass is 9.89. The van der Waals surface area contributed by atoms with Crippen molar-refractivity contribution in [1.82, 2.24) is 9.55 Å². The second-order valence-electron chi connectivity index (χ2n) is 7.59. The van der Waals surface area contributed by atoms with Gasteiger partial charge in [-0.25, -0.2) is 4.98 Å². The van der Waals surface area contributed by atoms with E-state index in [1.54, 1.807) is 30.4 Å². The summed E-state index contributed by atoms with van der Waals surface area (Å²) in [6.45, 7) is 6.49. The summed E-state index contributed by atoms with van der Waals surface area (Å²) in [6, 6.07) is 7.19. The normalized spacial score (nSPS) is 15.9. The van der Waals surface area contributed by atoms with Gasteiger partial charge in [0.25, 0.3) is 5.56 Å². The van der Waals surface area contributed by atoms with E-state index in [2.05, 4.69) is 17.2 Å². The molecule has 0 aliphatic heterocycles. The second kappa shape index (κ2) is 7.99. The monoisotopic (exact) mass is 411 g/mol. The number of aromatic nitrogens is 2. The molecule has 0 radical (unpaired) electrons. The van der Waals surface area contributed by atoms with E-state index in [0.29, 0.717) is 29.4 Å². The Morgan fingerprint density at radius 1 is 1.34 bits per heavy atom. The number of hydrogen-bond donors (Lipinski definition) is 1. The maximum Gasteiger partial charge on any atom is 0.263 e. The fraction of sp³-hybridized carbons (Fsp3) is 0.409. The molecule has 1 aromatic carbocycles. The Kier molecular flexibility index (Phi) is 5.41. The Hall–Kier alpha value is -2.67. The number of fused-ring (bicyclic) bond motifs is 3. The zero-order valence-electron chi connectivity index (χ0n) is 16.9. The standard InChI is InChI=1S/C22H25N3O3S/c1-4-28-16-8-6-15(7-9-16)24-19(26)12-25-14(3)23-21-20(22(25)27)17-10-5-13(2)11-18(17)29-21/h6-9,13H,4-5,10-12H2,1-3H3,(H,24,26). The van der Waals surface area contributed by atoms with Crippen LogP contribution in [-0.4, -0.2) is 22.1 Å². The summed E-state index contributed by atoms with van der Waals surface area (Å²) < 4.78 is 6.90. The van der Waals surface area contributed by atoms with Crippen molar-refractivity contribution in [1.29, 1.82) is 0 Å². The molecule has 2 aromatic heterocycles. The van der Waals surface area contributed by atoms with E-state index in [-0.39, 0.29) is 18.0 Å². The van der Waals surface area contributed by atoms with Gasteiger partial charge in [-0.2, -0.15) is 0 Å². The number of carbonyl (C=O) groups is 1. The van der Waals surface area contributed by atoms with Gasteiger partial charge < -0.3 is 10.1 Å². The lowest BCUT2D eigenvalue weighted by molar-refractivity contribution is -0.116. The molecule has 0 spiro atoms. The Labute approximate surface area is 173 Å². The third-order valence-corrected chi connectivity index (χ3v) is 6.51. The molecule has 1 unspecified atom stereocenters. The van der Waals surface area contributed by atoms with Gasteiger partial charge in [0, 0.05) is 10.6 Å². The van der Waals surface area contributed by atoms with E-state index in [1.807, 2.05) is 19.1 Å². The van der Waals surface area contributed by atoms with Crippen LogP contribution in [0, 0.1) is 12.8 Å². The van der Waals surface area contributed by atoms with Crippen LogP contribution < -0.4 is 15.6 Å². The van der Waals surface area contributed by atoms with E-state index >= 15 is 0 Å². The maximum absolute atomic E-state index is 13.2. The summed E-state index contributed by atoms with van der Waals surface area (Å²) in [5.74, 6) is 1.71. The SMILES string of the molecule is CCOc1ccc(NC(=O)Cn2c(C)nc3sc4c(c3c2=O)CCC(C)C4)cc1.